The van der Waals surface area contributed by atoms with E-state index in [1.54, 1.807) is 40.0 Å². The fraction of sp³-hybridized carbons (Fsp3) is 0.500. The first-order valence-electron chi connectivity index (χ1n) is 8.13. The van der Waals surface area contributed by atoms with Gasteiger partial charge in [-0.15, -0.1) is 0 Å². The van der Waals surface area contributed by atoms with Gasteiger partial charge in [-0.3, -0.25) is 19.3 Å². The first-order valence-corrected chi connectivity index (χ1v) is 8.13. The molecule has 0 aliphatic rings. The lowest BCUT2D eigenvalue weighted by atomic mass is 10.2. The molecular weight excluding hydrogens is 320 g/mol. The summed E-state index contributed by atoms with van der Waals surface area (Å²) in [6.45, 7) is 3.78. The third-order valence-electron chi connectivity index (χ3n) is 3.99. The minimum Gasteiger partial charge on any atom is -0.348 e. The van der Waals surface area contributed by atoms with E-state index < -0.39 is 6.04 Å². The van der Waals surface area contributed by atoms with Gasteiger partial charge >= 0.3 is 0 Å². The fourth-order valence-corrected chi connectivity index (χ4v) is 2.13. The van der Waals surface area contributed by atoms with Crippen molar-refractivity contribution < 1.29 is 14.4 Å². The molecule has 0 spiro atoms. The second-order valence-electron chi connectivity index (χ2n) is 6.49. The van der Waals surface area contributed by atoms with Gasteiger partial charge in [0.2, 0.25) is 17.7 Å². The maximum atomic E-state index is 12.4. The molecule has 3 amide bonds. The van der Waals surface area contributed by atoms with E-state index in [9.17, 15) is 14.4 Å². The van der Waals surface area contributed by atoms with Crippen LogP contribution in [0.1, 0.15) is 12.5 Å². The zero-order valence-electron chi connectivity index (χ0n) is 15.9. The SMILES string of the molecule is Cc1ccc(NC(=O)CN(C)C(=O)[C@@H](C)N(C)CC(=O)N(C)C)cc1. The molecule has 0 unspecified atom stereocenters. The highest BCUT2D eigenvalue weighted by atomic mass is 16.2. The van der Waals surface area contributed by atoms with Gasteiger partial charge in [-0.1, -0.05) is 17.7 Å². The van der Waals surface area contributed by atoms with E-state index in [0.29, 0.717) is 5.69 Å². The Morgan fingerprint density at radius 2 is 1.56 bits per heavy atom. The maximum absolute atomic E-state index is 12.4. The van der Waals surface area contributed by atoms with E-state index >= 15 is 0 Å². The van der Waals surface area contributed by atoms with Crippen molar-refractivity contribution in [3.63, 3.8) is 0 Å². The predicted molar refractivity (Wildman–Crippen MR) is 98.2 cm³/mol. The van der Waals surface area contributed by atoms with Gasteiger partial charge in [0.1, 0.15) is 0 Å². The Morgan fingerprint density at radius 3 is 2.08 bits per heavy atom. The van der Waals surface area contributed by atoms with Crippen molar-refractivity contribution in [2.24, 2.45) is 0 Å². The number of anilines is 1. The minimum absolute atomic E-state index is 0.0491. The summed E-state index contributed by atoms with van der Waals surface area (Å²) in [4.78, 5) is 40.8. The van der Waals surface area contributed by atoms with Crippen molar-refractivity contribution in [2.75, 3.05) is 46.6 Å². The van der Waals surface area contributed by atoms with Gasteiger partial charge in [0, 0.05) is 26.8 Å². The van der Waals surface area contributed by atoms with Crippen molar-refractivity contribution in [1.29, 1.82) is 0 Å². The number of hydrogen-bond donors (Lipinski definition) is 1. The molecular formula is C18H28N4O3. The number of amides is 3. The number of likely N-dealkylation sites (N-methyl/N-ethyl adjacent to an activating group) is 3. The number of hydrogen-bond acceptors (Lipinski definition) is 4. The summed E-state index contributed by atoms with van der Waals surface area (Å²) in [7, 11) is 6.63. The fourth-order valence-electron chi connectivity index (χ4n) is 2.13. The van der Waals surface area contributed by atoms with Gasteiger partial charge in [0.15, 0.2) is 0 Å². The summed E-state index contributed by atoms with van der Waals surface area (Å²) >= 11 is 0. The zero-order chi connectivity index (χ0) is 19.1. The number of carbonyl (C=O) groups is 3. The number of nitrogens with zero attached hydrogens (tertiary/aromatic N) is 3. The Morgan fingerprint density at radius 1 is 1.00 bits per heavy atom. The molecule has 0 heterocycles. The van der Waals surface area contributed by atoms with Crippen molar-refractivity contribution in [1.82, 2.24) is 14.7 Å². The molecule has 1 N–H and O–H groups in total. The van der Waals surface area contributed by atoms with E-state index in [0.717, 1.165) is 5.56 Å². The van der Waals surface area contributed by atoms with E-state index in [2.05, 4.69) is 5.32 Å². The molecule has 0 aliphatic carbocycles. The van der Waals surface area contributed by atoms with Crippen LogP contribution in [0, 0.1) is 6.92 Å². The van der Waals surface area contributed by atoms with Crippen molar-refractivity contribution in [3.8, 4) is 0 Å². The Bertz CT molecular complexity index is 613. The molecule has 0 fully saturated rings. The summed E-state index contributed by atoms with van der Waals surface area (Å²) in [5.74, 6) is -0.561. The van der Waals surface area contributed by atoms with Crippen molar-refractivity contribution >= 4 is 23.4 Å². The van der Waals surface area contributed by atoms with Crippen LogP contribution in [-0.4, -0.2) is 79.7 Å². The van der Waals surface area contributed by atoms with Gasteiger partial charge < -0.3 is 15.1 Å². The average Bonchev–Trinajstić information content (AvgIpc) is 2.55. The number of aryl methyl sites for hydroxylation is 1. The molecule has 0 saturated carbocycles. The molecule has 0 aromatic heterocycles. The summed E-state index contributed by atoms with van der Waals surface area (Å²) in [5.41, 5.74) is 1.80. The predicted octanol–water partition coefficient (Wildman–Crippen LogP) is 0.800. The molecule has 1 aromatic carbocycles. The first kappa shape index (κ1) is 20.6. The molecule has 1 atom stereocenters. The third-order valence-corrected chi connectivity index (χ3v) is 3.99. The van der Waals surface area contributed by atoms with Gasteiger partial charge in [-0.25, -0.2) is 0 Å². The van der Waals surface area contributed by atoms with Crippen LogP contribution < -0.4 is 5.32 Å². The molecule has 0 bridgehead atoms. The van der Waals surface area contributed by atoms with E-state index in [4.69, 9.17) is 0 Å². The van der Waals surface area contributed by atoms with Crippen molar-refractivity contribution in [3.05, 3.63) is 29.8 Å². The molecule has 7 nitrogen and oxygen atoms in total. The lowest BCUT2D eigenvalue weighted by molar-refractivity contribution is -0.139. The third kappa shape index (κ3) is 6.54. The molecule has 7 heteroatoms. The number of rotatable bonds is 7. The quantitative estimate of drug-likeness (QED) is 0.791. The highest BCUT2D eigenvalue weighted by Gasteiger charge is 2.24. The lowest BCUT2D eigenvalue weighted by Crippen LogP contribution is -2.48. The Balaban J connectivity index is 2.55. The largest absolute Gasteiger partial charge is 0.348 e. The minimum atomic E-state index is -0.499. The van der Waals surface area contributed by atoms with E-state index in [1.807, 2.05) is 31.2 Å². The number of carbonyl (C=O) groups excluding carboxylic acids is 3. The van der Waals surface area contributed by atoms with E-state index in [1.165, 1.54) is 9.80 Å². The molecule has 0 radical (unpaired) electrons. The second kappa shape index (κ2) is 9.17. The molecule has 1 rings (SSSR count). The van der Waals surface area contributed by atoms with Crippen LogP contribution in [0.4, 0.5) is 5.69 Å². The highest BCUT2D eigenvalue weighted by Crippen LogP contribution is 2.09. The number of benzene rings is 1. The summed E-state index contributed by atoms with van der Waals surface area (Å²) in [5, 5.41) is 2.76. The van der Waals surface area contributed by atoms with Crippen LogP contribution in [-0.2, 0) is 14.4 Å². The number of nitrogens with one attached hydrogen (secondary N) is 1. The zero-order valence-corrected chi connectivity index (χ0v) is 15.9. The average molecular weight is 348 g/mol. The van der Waals surface area contributed by atoms with Gasteiger partial charge in [0.05, 0.1) is 19.1 Å². The summed E-state index contributed by atoms with van der Waals surface area (Å²) in [6.07, 6.45) is 0. The van der Waals surface area contributed by atoms with Crippen LogP contribution in [0.3, 0.4) is 0 Å². The molecule has 1 aromatic rings. The summed E-state index contributed by atoms with van der Waals surface area (Å²) < 4.78 is 0. The highest BCUT2D eigenvalue weighted by molar-refractivity contribution is 5.95. The van der Waals surface area contributed by atoms with Crippen LogP contribution in [0.25, 0.3) is 0 Å². The first-order chi connectivity index (χ1) is 11.6. The van der Waals surface area contributed by atoms with E-state index in [-0.39, 0.29) is 30.8 Å². The van der Waals surface area contributed by atoms with Gasteiger partial charge in [0.25, 0.3) is 0 Å². The van der Waals surface area contributed by atoms with Crippen LogP contribution in [0.5, 0.6) is 0 Å². The van der Waals surface area contributed by atoms with Crippen LogP contribution in [0.15, 0.2) is 24.3 Å². The topological polar surface area (TPSA) is 73.0 Å². The normalized spacial score (nSPS) is 11.8. The Hall–Kier alpha value is -2.41. The molecule has 0 saturated heterocycles. The van der Waals surface area contributed by atoms with Crippen LogP contribution >= 0.6 is 0 Å². The van der Waals surface area contributed by atoms with Crippen LogP contribution in [0.2, 0.25) is 0 Å². The standard InChI is InChI=1S/C18H28N4O3/c1-13-7-9-15(10-8-13)19-16(23)11-22(6)18(25)14(2)21(5)12-17(24)20(3)4/h7-10,14H,11-12H2,1-6H3,(H,19,23)/t14-/m1/s1. The van der Waals surface area contributed by atoms with Crippen molar-refractivity contribution in [2.45, 2.75) is 19.9 Å². The molecule has 0 aliphatic heterocycles. The summed E-state index contributed by atoms with van der Waals surface area (Å²) in [6, 6.07) is 6.95. The molecule has 138 valence electrons. The maximum Gasteiger partial charge on any atom is 0.243 e. The smallest absolute Gasteiger partial charge is 0.243 e. The van der Waals surface area contributed by atoms with Gasteiger partial charge in [-0.2, -0.15) is 0 Å². The monoisotopic (exact) mass is 348 g/mol. The Labute approximate surface area is 149 Å². The Kier molecular flexibility index (Phi) is 7.57. The lowest BCUT2D eigenvalue weighted by Gasteiger charge is -2.28. The van der Waals surface area contributed by atoms with Gasteiger partial charge in [-0.05, 0) is 33.0 Å². The molecule has 25 heavy (non-hydrogen) atoms. The second-order valence-corrected chi connectivity index (χ2v) is 6.49.